The molecule has 3 heteroatoms. The predicted octanol–water partition coefficient (Wildman–Crippen LogP) is 7.94. The number of ether oxygens (including phenoxy) is 1. The van der Waals surface area contributed by atoms with Gasteiger partial charge in [0.15, 0.2) is 0 Å². The summed E-state index contributed by atoms with van der Waals surface area (Å²) in [6.45, 7) is 11.8. The monoisotopic (exact) mass is 406 g/mol. The molecule has 2 atom stereocenters. The average molecular weight is 407 g/mol. The molecule has 0 radical (unpaired) electrons. The largest absolute Gasteiger partial charge is 0.393 e. The van der Waals surface area contributed by atoms with E-state index in [1.54, 1.807) is 0 Å². The zero-order valence-corrected chi connectivity index (χ0v) is 19.3. The van der Waals surface area contributed by atoms with Crippen LogP contribution in [0.15, 0.2) is 25.3 Å². The van der Waals surface area contributed by atoms with E-state index in [0.29, 0.717) is 0 Å². The van der Waals surface area contributed by atoms with E-state index in [1.807, 2.05) is 12.2 Å². The lowest BCUT2D eigenvalue weighted by Crippen LogP contribution is -2.26. The minimum absolute atomic E-state index is 0.137. The van der Waals surface area contributed by atoms with Crippen LogP contribution in [0, 0.1) is 11.8 Å². The number of allylic oxidation sites excluding steroid dienone is 2. The van der Waals surface area contributed by atoms with Crippen LogP contribution in [0.1, 0.15) is 117 Å². The molecule has 0 aromatic carbocycles. The molecule has 0 fully saturated rings. The van der Waals surface area contributed by atoms with Gasteiger partial charge in [-0.3, -0.25) is 9.59 Å². The number of esters is 2. The first-order valence-electron chi connectivity index (χ1n) is 12.1. The molecule has 0 amide bonds. The number of carbonyl (C=O) groups excluding carboxylic acids is 2. The highest BCUT2D eigenvalue weighted by molar-refractivity contribution is 5.87. The number of hydrogen-bond donors (Lipinski definition) is 0. The fraction of sp³-hybridized carbons (Fsp3) is 0.769. The molecule has 0 aromatic rings. The standard InChI is InChI=1S/C26H46O3/c1-5-9-13-15-17-21-23(19-11-7-3)25(27)29-26(28)24(20-12-8-4)22-18-16-14-10-6-2/h5-6,23-24H,1-2,7-22H2,3-4H3. The van der Waals surface area contributed by atoms with Crippen molar-refractivity contribution in [2.24, 2.45) is 11.8 Å². The summed E-state index contributed by atoms with van der Waals surface area (Å²) < 4.78 is 5.41. The minimum Gasteiger partial charge on any atom is -0.393 e. The third-order valence-electron chi connectivity index (χ3n) is 5.60. The topological polar surface area (TPSA) is 43.4 Å². The van der Waals surface area contributed by atoms with Gasteiger partial charge < -0.3 is 4.74 Å². The van der Waals surface area contributed by atoms with Gasteiger partial charge in [-0.05, 0) is 51.4 Å². The first-order valence-corrected chi connectivity index (χ1v) is 12.1. The van der Waals surface area contributed by atoms with E-state index in [0.717, 1.165) is 103 Å². The Morgan fingerprint density at radius 1 is 0.655 bits per heavy atom. The van der Waals surface area contributed by atoms with Gasteiger partial charge in [0.05, 0.1) is 11.8 Å². The van der Waals surface area contributed by atoms with Gasteiger partial charge in [-0.25, -0.2) is 0 Å². The van der Waals surface area contributed by atoms with Crippen molar-refractivity contribution < 1.29 is 14.3 Å². The minimum atomic E-state index is -0.291. The van der Waals surface area contributed by atoms with Crippen molar-refractivity contribution in [3.63, 3.8) is 0 Å². The Balaban J connectivity index is 4.62. The first kappa shape index (κ1) is 27.6. The lowest BCUT2D eigenvalue weighted by Gasteiger charge is -2.18. The molecular weight excluding hydrogens is 360 g/mol. The maximum Gasteiger partial charge on any atom is 0.316 e. The Hall–Kier alpha value is -1.38. The average Bonchev–Trinajstić information content (AvgIpc) is 2.71. The Bertz CT molecular complexity index is 401. The molecule has 0 spiro atoms. The molecule has 3 nitrogen and oxygen atoms in total. The van der Waals surface area contributed by atoms with Crippen molar-refractivity contribution in [3.05, 3.63) is 25.3 Å². The smallest absolute Gasteiger partial charge is 0.316 e. The van der Waals surface area contributed by atoms with E-state index in [2.05, 4.69) is 27.0 Å². The molecule has 0 saturated heterocycles. The molecule has 0 heterocycles. The fourth-order valence-electron chi connectivity index (χ4n) is 3.64. The van der Waals surface area contributed by atoms with E-state index >= 15 is 0 Å². The van der Waals surface area contributed by atoms with Gasteiger partial charge in [0.25, 0.3) is 0 Å². The van der Waals surface area contributed by atoms with E-state index in [4.69, 9.17) is 4.74 Å². The highest BCUT2D eigenvalue weighted by atomic mass is 16.6. The highest BCUT2D eigenvalue weighted by Gasteiger charge is 2.26. The van der Waals surface area contributed by atoms with Gasteiger partial charge in [0.1, 0.15) is 0 Å². The summed E-state index contributed by atoms with van der Waals surface area (Å²) in [7, 11) is 0. The summed E-state index contributed by atoms with van der Waals surface area (Å²) in [6.07, 6.45) is 19.8. The summed E-state index contributed by atoms with van der Waals surface area (Å²) in [5, 5.41) is 0. The number of hydrogen-bond acceptors (Lipinski definition) is 3. The molecule has 2 unspecified atom stereocenters. The van der Waals surface area contributed by atoms with Gasteiger partial charge in [0, 0.05) is 0 Å². The maximum atomic E-state index is 12.7. The molecule has 0 aliphatic carbocycles. The fourth-order valence-corrected chi connectivity index (χ4v) is 3.64. The van der Waals surface area contributed by atoms with Gasteiger partial charge >= 0.3 is 11.9 Å². The van der Waals surface area contributed by atoms with Crippen molar-refractivity contribution in [1.29, 1.82) is 0 Å². The summed E-state index contributed by atoms with van der Waals surface area (Å²) >= 11 is 0. The van der Waals surface area contributed by atoms with E-state index in [1.165, 1.54) is 0 Å². The van der Waals surface area contributed by atoms with Crippen LogP contribution in [0.3, 0.4) is 0 Å². The summed E-state index contributed by atoms with van der Waals surface area (Å²) in [5.41, 5.74) is 0. The van der Waals surface area contributed by atoms with Crippen molar-refractivity contribution in [2.75, 3.05) is 0 Å². The lowest BCUT2D eigenvalue weighted by atomic mass is 9.94. The molecule has 0 N–H and O–H groups in total. The number of carbonyl (C=O) groups is 2. The summed E-state index contributed by atoms with van der Waals surface area (Å²) in [6, 6.07) is 0. The normalized spacial score (nSPS) is 12.9. The van der Waals surface area contributed by atoms with Crippen LogP contribution in [-0.2, 0) is 14.3 Å². The van der Waals surface area contributed by atoms with Crippen molar-refractivity contribution in [3.8, 4) is 0 Å². The second kappa shape index (κ2) is 19.9. The Labute approximate surface area is 180 Å². The quantitative estimate of drug-likeness (QED) is 0.0891. The third-order valence-corrected chi connectivity index (χ3v) is 5.60. The number of rotatable bonds is 20. The molecule has 0 aliphatic heterocycles. The zero-order chi connectivity index (χ0) is 21.7. The zero-order valence-electron chi connectivity index (χ0n) is 19.3. The lowest BCUT2D eigenvalue weighted by molar-refractivity contribution is -0.166. The maximum absolute atomic E-state index is 12.7. The Morgan fingerprint density at radius 2 is 1.03 bits per heavy atom. The van der Waals surface area contributed by atoms with Crippen molar-refractivity contribution in [2.45, 2.75) is 117 Å². The SMILES string of the molecule is C=CCCCCCC(CCCC)C(=O)OC(=O)C(CCCC)CCCCCC=C. The van der Waals surface area contributed by atoms with Crippen LogP contribution in [-0.4, -0.2) is 11.9 Å². The van der Waals surface area contributed by atoms with Crippen LogP contribution in [0.25, 0.3) is 0 Å². The second-order valence-electron chi connectivity index (χ2n) is 8.27. The second-order valence-corrected chi connectivity index (χ2v) is 8.27. The molecule has 168 valence electrons. The first-order chi connectivity index (χ1) is 14.1. The molecular formula is C26H46O3. The molecule has 0 bridgehead atoms. The van der Waals surface area contributed by atoms with Gasteiger partial charge in [0.2, 0.25) is 0 Å². The van der Waals surface area contributed by atoms with Gasteiger partial charge in [-0.2, -0.15) is 0 Å². The molecule has 29 heavy (non-hydrogen) atoms. The van der Waals surface area contributed by atoms with Crippen molar-refractivity contribution in [1.82, 2.24) is 0 Å². The third kappa shape index (κ3) is 15.2. The molecule has 0 rings (SSSR count). The van der Waals surface area contributed by atoms with Gasteiger partial charge in [-0.1, -0.05) is 77.4 Å². The molecule has 0 aliphatic rings. The number of unbranched alkanes of at least 4 members (excludes halogenated alkanes) is 8. The van der Waals surface area contributed by atoms with Crippen LogP contribution in [0.2, 0.25) is 0 Å². The van der Waals surface area contributed by atoms with E-state index in [-0.39, 0.29) is 23.8 Å². The van der Waals surface area contributed by atoms with Crippen LogP contribution in [0.4, 0.5) is 0 Å². The van der Waals surface area contributed by atoms with E-state index in [9.17, 15) is 9.59 Å². The van der Waals surface area contributed by atoms with Crippen LogP contribution >= 0.6 is 0 Å². The van der Waals surface area contributed by atoms with Crippen LogP contribution in [0.5, 0.6) is 0 Å². The summed E-state index contributed by atoms with van der Waals surface area (Å²) in [4.78, 5) is 25.4. The van der Waals surface area contributed by atoms with Crippen molar-refractivity contribution >= 4 is 11.9 Å². The highest BCUT2D eigenvalue weighted by Crippen LogP contribution is 2.23. The van der Waals surface area contributed by atoms with Crippen LogP contribution < -0.4 is 0 Å². The molecule has 0 aromatic heterocycles. The Morgan fingerprint density at radius 3 is 1.38 bits per heavy atom. The predicted molar refractivity (Wildman–Crippen MR) is 124 cm³/mol. The van der Waals surface area contributed by atoms with Gasteiger partial charge in [-0.15, -0.1) is 13.2 Å². The Kier molecular flexibility index (Phi) is 19.0. The summed E-state index contributed by atoms with van der Waals surface area (Å²) in [5.74, 6) is -0.857. The molecule has 0 saturated carbocycles. The van der Waals surface area contributed by atoms with E-state index < -0.39 is 0 Å².